The number of fused-ring (bicyclic) bond motifs is 1. The predicted octanol–water partition coefficient (Wildman–Crippen LogP) is 2.62. The number of benzene rings is 1. The molecule has 0 radical (unpaired) electrons. The minimum atomic E-state index is -2.86. The summed E-state index contributed by atoms with van der Waals surface area (Å²) >= 11 is 0. The number of para-hydroxylation sites is 1. The Balaban J connectivity index is 1.71. The fourth-order valence-corrected chi connectivity index (χ4v) is 5.14. The van der Waals surface area contributed by atoms with E-state index < -0.39 is 9.84 Å². The number of hydrogen-bond acceptors (Lipinski definition) is 4. The standard InChI is InChI=1S/C19H27N3O3S/c1-13(2)22-19(20-10-15-8-9-26(23,24)12-15)21-11-17-14(3)25-18-7-5-4-6-16(17)18/h4-7,13,15H,8-12H2,1-3H3,(H2,20,21,22). The van der Waals surface area contributed by atoms with Crippen molar-refractivity contribution >= 4 is 26.8 Å². The van der Waals surface area contributed by atoms with E-state index >= 15 is 0 Å². The molecule has 0 amide bonds. The van der Waals surface area contributed by atoms with E-state index in [1.807, 2.05) is 31.2 Å². The summed E-state index contributed by atoms with van der Waals surface area (Å²) < 4.78 is 29.0. The van der Waals surface area contributed by atoms with Crippen molar-refractivity contribution in [2.75, 3.05) is 18.1 Å². The molecular formula is C19H27N3O3S. The maximum Gasteiger partial charge on any atom is 0.191 e. The first-order valence-corrected chi connectivity index (χ1v) is 10.9. The van der Waals surface area contributed by atoms with E-state index in [0.29, 0.717) is 24.8 Å². The monoisotopic (exact) mass is 377 g/mol. The average Bonchev–Trinajstić information content (AvgIpc) is 3.08. The van der Waals surface area contributed by atoms with Crippen LogP contribution in [0, 0.1) is 12.8 Å². The van der Waals surface area contributed by atoms with Crippen LogP contribution in [-0.2, 0) is 16.4 Å². The molecule has 6 nitrogen and oxygen atoms in total. The lowest BCUT2D eigenvalue weighted by atomic mass is 10.1. The zero-order valence-corrected chi connectivity index (χ0v) is 16.4. The summed E-state index contributed by atoms with van der Waals surface area (Å²) in [5.41, 5.74) is 1.95. The van der Waals surface area contributed by atoms with Crippen LogP contribution in [0.15, 0.2) is 33.7 Å². The van der Waals surface area contributed by atoms with Gasteiger partial charge in [-0.2, -0.15) is 0 Å². The number of sulfone groups is 1. The second kappa shape index (κ2) is 7.70. The van der Waals surface area contributed by atoms with Crippen LogP contribution in [0.1, 0.15) is 31.6 Å². The molecule has 1 atom stereocenters. The molecule has 1 unspecified atom stereocenters. The molecule has 0 bridgehead atoms. The lowest BCUT2D eigenvalue weighted by Crippen LogP contribution is -2.43. The van der Waals surface area contributed by atoms with Crippen molar-refractivity contribution in [2.45, 2.75) is 39.8 Å². The summed E-state index contributed by atoms with van der Waals surface area (Å²) in [4.78, 5) is 4.70. The number of hydrogen-bond donors (Lipinski definition) is 2. The molecule has 7 heteroatoms. The number of nitrogens with zero attached hydrogens (tertiary/aromatic N) is 1. The highest BCUT2D eigenvalue weighted by molar-refractivity contribution is 7.91. The maximum atomic E-state index is 11.6. The number of aliphatic imine (C=N–C) groups is 1. The van der Waals surface area contributed by atoms with E-state index in [1.165, 1.54) is 0 Å². The number of nitrogens with one attached hydrogen (secondary N) is 2. The molecule has 1 fully saturated rings. The molecule has 2 heterocycles. The lowest BCUT2D eigenvalue weighted by Gasteiger charge is -2.17. The first kappa shape index (κ1) is 18.8. The molecule has 1 aliphatic rings. The molecule has 1 aromatic heterocycles. The van der Waals surface area contributed by atoms with Gasteiger partial charge in [-0.1, -0.05) is 18.2 Å². The molecule has 2 aromatic rings. The van der Waals surface area contributed by atoms with E-state index in [0.717, 1.165) is 28.7 Å². The number of furan rings is 1. The van der Waals surface area contributed by atoms with Crippen molar-refractivity contribution in [1.29, 1.82) is 0 Å². The summed E-state index contributed by atoms with van der Waals surface area (Å²) in [6, 6.07) is 8.19. The quantitative estimate of drug-likeness (QED) is 0.618. The van der Waals surface area contributed by atoms with Crippen molar-refractivity contribution in [2.24, 2.45) is 10.9 Å². The van der Waals surface area contributed by atoms with E-state index in [1.54, 1.807) is 0 Å². The van der Waals surface area contributed by atoms with E-state index in [9.17, 15) is 8.42 Å². The van der Waals surface area contributed by atoms with Crippen molar-refractivity contribution < 1.29 is 12.8 Å². The van der Waals surface area contributed by atoms with Crippen molar-refractivity contribution in [3.8, 4) is 0 Å². The van der Waals surface area contributed by atoms with Gasteiger partial charge in [-0.25, -0.2) is 13.4 Å². The number of aryl methyl sites for hydroxylation is 1. The van der Waals surface area contributed by atoms with E-state index in [-0.39, 0.29) is 17.7 Å². The fourth-order valence-electron chi connectivity index (χ4n) is 3.28. The molecule has 2 N–H and O–H groups in total. The molecule has 26 heavy (non-hydrogen) atoms. The second-order valence-corrected chi connectivity index (χ2v) is 9.48. The topological polar surface area (TPSA) is 83.7 Å². The number of rotatable bonds is 5. The lowest BCUT2D eigenvalue weighted by molar-refractivity contribution is 0.561. The number of guanidine groups is 1. The third-order valence-electron chi connectivity index (χ3n) is 4.61. The molecular weight excluding hydrogens is 350 g/mol. The average molecular weight is 378 g/mol. The minimum absolute atomic E-state index is 0.149. The summed E-state index contributed by atoms with van der Waals surface area (Å²) in [6.45, 7) is 7.18. The predicted molar refractivity (Wildman–Crippen MR) is 105 cm³/mol. The second-order valence-electron chi connectivity index (χ2n) is 7.25. The highest BCUT2D eigenvalue weighted by Crippen LogP contribution is 2.25. The molecule has 0 aliphatic carbocycles. The van der Waals surface area contributed by atoms with Crippen molar-refractivity contribution in [3.63, 3.8) is 0 Å². The summed E-state index contributed by atoms with van der Waals surface area (Å²) in [7, 11) is -2.86. The first-order valence-electron chi connectivity index (χ1n) is 9.06. The van der Waals surface area contributed by atoms with Gasteiger partial charge in [0.25, 0.3) is 0 Å². The Kier molecular flexibility index (Phi) is 5.55. The minimum Gasteiger partial charge on any atom is -0.461 e. The molecule has 1 aromatic carbocycles. The van der Waals surface area contributed by atoms with Crippen LogP contribution in [0.2, 0.25) is 0 Å². The van der Waals surface area contributed by atoms with Crippen molar-refractivity contribution in [1.82, 2.24) is 10.6 Å². The van der Waals surface area contributed by atoms with Crippen LogP contribution in [0.25, 0.3) is 11.0 Å². The first-order chi connectivity index (χ1) is 12.3. The van der Waals surface area contributed by atoms with Crippen LogP contribution in [0.4, 0.5) is 0 Å². The SMILES string of the molecule is Cc1oc2ccccc2c1CN=C(NCC1CCS(=O)(=O)C1)NC(C)C. The Bertz CT molecular complexity index is 900. The third-order valence-corrected chi connectivity index (χ3v) is 6.44. The Morgan fingerprint density at radius 1 is 1.35 bits per heavy atom. The van der Waals surface area contributed by atoms with Gasteiger partial charge < -0.3 is 15.1 Å². The van der Waals surface area contributed by atoms with E-state index in [4.69, 9.17) is 9.41 Å². The maximum absolute atomic E-state index is 11.6. The Hall–Kier alpha value is -2.02. The molecule has 1 saturated heterocycles. The van der Waals surface area contributed by atoms with Crippen LogP contribution in [0.3, 0.4) is 0 Å². The molecule has 0 spiro atoms. The summed E-state index contributed by atoms with van der Waals surface area (Å²) in [6.07, 6.45) is 0.718. The van der Waals surface area contributed by atoms with Crippen LogP contribution < -0.4 is 10.6 Å². The fraction of sp³-hybridized carbons (Fsp3) is 0.526. The largest absolute Gasteiger partial charge is 0.461 e. The summed E-state index contributed by atoms with van der Waals surface area (Å²) in [5, 5.41) is 7.70. The third kappa shape index (κ3) is 4.58. The molecule has 1 aliphatic heterocycles. The molecule has 142 valence electrons. The van der Waals surface area contributed by atoms with Crippen LogP contribution >= 0.6 is 0 Å². The highest BCUT2D eigenvalue weighted by atomic mass is 32.2. The highest BCUT2D eigenvalue weighted by Gasteiger charge is 2.27. The zero-order valence-electron chi connectivity index (χ0n) is 15.6. The molecule has 3 rings (SSSR count). The normalized spacial score (nSPS) is 20.0. The van der Waals surface area contributed by atoms with Gasteiger partial charge in [0.2, 0.25) is 0 Å². The Morgan fingerprint density at radius 3 is 2.81 bits per heavy atom. The van der Waals surface area contributed by atoms with Gasteiger partial charge in [0.05, 0.1) is 18.1 Å². The van der Waals surface area contributed by atoms with Crippen molar-refractivity contribution in [3.05, 3.63) is 35.6 Å². The van der Waals surface area contributed by atoms with Gasteiger partial charge in [-0.05, 0) is 39.2 Å². The zero-order chi connectivity index (χ0) is 18.7. The van der Waals surface area contributed by atoms with Gasteiger partial charge in [0, 0.05) is 23.5 Å². The Morgan fingerprint density at radius 2 is 2.12 bits per heavy atom. The van der Waals surface area contributed by atoms with Gasteiger partial charge in [0.1, 0.15) is 11.3 Å². The van der Waals surface area contributed by atoms with Gasteiger partial charge in [0.15, 0.2) is 15.8 Å². The van der Waals surface area contributed by atoms with Crippen LogP contribution in [0.5, 0.6) is 0 Å². The van der Waals surface area contributed by atoms with Gasteiger partial charge >= 0.3 is 0 Å². The summed E-state index contributed by atoms with van der Waals surface area (Å²) in [5.74, 6) is 2.29. The van der Waals surface area contributed by atoms with Gasteiger partial charge in [-0.15, -0.1) is 0 Å². The van der Waals surface area contributed by atoms with Gasteiger partial charge in [-0.3, -0.25) is 0 Å². The smallest absolute Gasteiger partial charge is 0.191 e. The Labute approximate surface area is 155 Å². The molecule has 0 saturated carbocycles. The van der Waals surface area contributed by atoms with Crippen LogP contribution in [-0.4, -0.2) is 38.5 Å². The van der Waals surface area contributed by atoms with E-state index in [2.05, 4.69) is 24.5 Å².